The topological polar surface area (TPSA) is 49.4 Å². The average molecular weight is 491 g/mol. The van der Waals surface area contributed by atoms with Crippen LogP contribution in [0.3, 0.4) is 0 Å². The lowest BCUT2D eigenvalue weighted by Crippen LogP contribution is -2.50. The Morgan fingerprint density at radius 2 is 1.80 bits per heavy atom. The summed E-state index contributed by atoms with van der Waals surface area (Å²) in [5, 5.41) is 3.00. The first-order valence-corrected chi connectivity index (χ1v) is 12.2. The number of nitrogens with zero attached hydrogens (tertiary/aromatic N) is 1. The first-order valence-electron chi connectivity index (χ1n) is 10.3. The molecule has 1 N–H and O–H groups in total. The number of thioether (sulfide) groups is 1. The lowest BCUT2D eigenvalue weighted by atomic mass is 10.1. The lowest BCUT2D eigenvalue weighted by Gasteiger charge is -2.29. The summed E-state index contributed by atoms with van der Waals surface area (Å²) in [5.74, 6) is 0.960. The third-order valence-corrected chi connectivity index (χ3v) is 6.53. The van der Waals surface area contributed by atoms with Crippen LogP contribution in [0.2, 0.25) is 0 Å². The van der Waals surface area contributed by atoms with E-state index in [4.69, 9.17) is 0 Å². The SMILES string of the molecule is CC[C@@H](C)NC(=O)[C@@H](C)N(Cc1cccc(C)c1)C(=O)CSCc1ccc(Br)cc1. The first-order chi connectivity index (χ1) is 14.3. The summed E-state index contributed by atoms with van der Waals surface area (Å²) >= 11 is 5.01. The predicted octanol–water partition coefficient (Wildman–Crippen LogP) is 5.32. The Morgan fingerprint density at radius 3 is 2.43 bits per heavy atom. The second-order valence-electron chi connectivity index (χ2n) is 7.62. The highest BCUT2D eigenvalue weighted by Crippen LogP contribution is 2.18. The van der Waals surface area contributed by atoms with Crippen LogP contribution in [-0.2, 0) is 21.9 Å². The molecule has 2 rings (SSSR count). The van der Waals surface area contributed by atoms with E-state index in [2.05, 4.69) is 27.3 Å². The number of hydrogen-bond acceptors (Lipinski definition) is 3. The van der Waals surface area contributed by atoms with Gasteiger partial charge < -0.3 is 10.2 Å². The maximum Gasteiger partial charge on any atom is 0.242 e. The highest BCUT2D eigenvalue weighted by Gasteiger charge is 2.26. The molecule has 0 spiro atoms. The first kappa shape index (κ1) is 24.5. The van der Waals surface area contributed by atoms with E-state index in [1.165, 1.54) is 5.56 Å². The third-order valence-electron chi connectivity index (χ3n) is 5.01. The fourth-order valence-electron chi connectivity index (χ4n) is 2.98. The molecule has 0 heterocycles. The maximum absolute atomic E-state index is 13.1. The van der Waals surface area contributed by atoms with Crippen molar-refractivity contribution in [2.75, 3.05) is 5.75 Å². The van der Waals surface area contributed by atoms with Crippen molar-refractivity contribution in [2.45, 2.75) is 58.5 Å². The van der Waals surface area contributed by atoms with Crippen LogP contribution in [0.25, 0.3) is 0 Å². The van der Waals surface area contributed by atoms with Gasteiger partial charge >= 0.3 is 0 Å². The minimum absolute atomic E-state index is 0.0228. The van der Waals surface area contributed by atoms with Crippen molar-refractivity contribution >= 4 is 39.5 Å². The van der Waals surface area contributed by atoms with Crippen LogP contribution in [0.5, 0.6) is 0 Å². The summed E-state index contributed by atoms with van der Waals surface area (Å²) in [4.78, 5) is 27.5. The summed E-state index contributed by atoms with van der Waals surface area (Å²) in [6.07, 6.45) is 0.854. The van der Waals surface area contributed by atoms with Crippen molar-refractivity contribution in [2.24, 2.45) is 0 Å². The molecule has 0 aromatic heterocycles. The Labute approximate surface area is 192 Å². The van der Waals surface area contributed by atoms with Crippen LogP contribution in [0, 0.1) is 6.92 Å². The zero-order valence-electron chi connectivity index (χ0n) is 18.2. The van der Waals surface area contributed by atoms with E-state index in [0.717, 1.165) is 27.8 Å². The van der Waals surface area contributed by atoms with Crippen LogP contribution in [0.4, 0.5) is 0 Å². The number of halogens is 1. The molecule has 30 heavy (non-hydrogen) atoms. The monoisotopic (exact) mass is 490 g/mol. The van der Waals surface area contributed by atoms with Gasteiger partial charge in [-0.15, -0.1) is 11.8 Å². The van der Waals surface area contributed by atoms with Gasteiger partial charge in [0.15, 0.2) is 0 Å². The molecule has 0 saturated carbocycles. The number of hydrogen-bond donors (Lipinski definition) is 1. The molecular formula is C24H31BrN2O2S. The average Bonchev–Trinajstić information content (AvgIpc) is 2.72. The van der Waals surface area contributed by atoms with Gasteiger partial charge in [-0.05, 0) is 50.5 Å². The van der Waals surface area contributed by atoms with Crippen LogP contribution in [0.15, 0.2) is 53.0 Å². The van der Waals surface area contributed by atoms with Crippen molar-refractivity contribution in [3.63, 3.8) is 0 Å². The molecule has 0 saturated heterocycles. The molecule has 0 radical (unpaired) electrons. The van der Waals surface area contributed by atoms with Gasteiger partial charge in [0.2, 0.25) is 11.8 Å². The molecule has 2 atom stereocenters. The van der Waals surface area contributed by atoms with Crippen molar-refractivity contribution in [3.8, 4) is 0 Å². The van der Waals surface area contributed by atoms with Gasteiger partial charge in [-0.3, -0.25) is 9.59 Å². The number of carbonyl (C=O) groups is 2. The molecule has 0 aliphatic rings. The largest absolute Gasteiger partial charge is 0.352 e. The molecule has 162 valence electrons. The van der Waals surface area contributed by atoms with Crippen LogP contribution < -0.4 is 5.32 Å². The number of amides is 2. The molecule has 0 bridgehead atoms. The van der Waals surface area contributed by atoms with Crippen molar-refractivity contribution in [1.82, 2.24) is 10.2 Å². The van der Waals surface area contributed by atoms with Gasteiger partial charge in [-0.1, -0.05) is 64.8 Å². The second-order valence-corrected chi connectivity index (χ2v) is 9.53. The minimum atomic E-state index is -0.528. The summed E-state index contributed by atoms with van der Waals surface area (Å²) in [5.41, 5.74) is 3.34. The van der Waals surface area contributed by atoms with Crippen LogP contribution in [0.1, 0.15) is 43.9 Å². The Balaban J connectivity index is 2.07. The minimum Gasteiger partial charge on any atom is -0.352 e. The molecule has 0 aliphatic heterocycles. The standard InChI is InChI=1S/C24H31BrN2O2S/c1-5-18(3)26-24(29)19(4)27(14-21-8-6-7-17(2)13-21)23(28)16-30-15-20-9-11-22(25)12-10-20/h6-13,18-19H,5,14-16H2,1-4H3,(H,26,29)/t18-,19-/m1/s1. The number of nitrogens with one attached hydrogen (secondary N) is 1. The zero-order chi connectivity index (χ0) is 22.1. The Bertz CT molecular complexity index is 841. The van der Waals surface area contributed by atoms with Gasteiger partial charge in [-0.2, -0.15) is 0 Å². The molecule has 0 fully saturated rings. The number of rotatable bonds is 10. The van der Waals surface area contributed by atoms with Gasteiger partial charge in [0, 0.05) is 22.8 Å². The normalized spacial score (nSPS) is 12.8. The highest BCUT2D eigenvalue weighted by molar-refractivity contribution is 9.10. The summed E-state index contributed by atoms with van der Waals surface area (Å²) in [6, 6.07) is 15.7. The van der Waals surface area contributed by atoms with E-state index in [1.54, 1.807) is 16.7 Å². The molecular weight excluding hydrogens is 460 g/mol. The quantitative estimate of drug-likeness (QED) is 0.489. The molecule has 6 heteroatoms. The van der Waals surface area contributed by atoms with Gasteiger partial charge in [0.25, 0.3) is 0 Å². The fraction of sp³-hybridized carbons (Fsp3) is 0.417. The Morgan fingerprint density at radius 1 is 1.10 bits per heavy atom. The van der Waals surface area contributed by atoms with Gasteiger partial charge in [0.05, 0.1) is 5.75 Å². The van der Waals surface area contributed by atoms with Crippen molar-refractivity contribution < 1.29 is 9.59 Å². The van der Waals surface area contributed by atoms with E-state index < -0.39 is 6.04 Å². The van der Waals surface area contributed by atoms with Crippen molar-refractivity contribution in [1.29, 1.82) is 0 Å². The summed E-state index contributed by atoms with van der Waals surface area (Å²) < 4.78 is 1.04. The van der Waals surface area contributed by atoms with E-state index in [9.17, 15) is 9.59 Å². The van der Waals surface area contributed by atoms with Gasteiger partial charge in [-0.25, -0.2) is 0 Å². The number of carbonyl (C=O) groups excluding carboxylic acids is 2. The maximum atomic E-state index is 13.1. The second kappa shape index (κ2) is 12.2. The summed E-state index contributed by atoms with van der Waals surface area (Å²) in [7, 11) is 0. The van der Waals surface area contributed by atoms with Crippen molar-refractivity contribution in [3.05, 3.63) is 69.7 Å². The number of benzene rings is 2. The number of aryl methyl sites for hydroxylation is 1. The fourth-order valence-corrected chi connectivity index (χ4v) is 4.11. The molecule has 2 amide bonds. The lowest BCUT2D eigenvalue weighted by molar-refractivity contribution is -0.138. The highest BCUT2D eigenvalue weighted by atomic mass is 79.9. The molecule has 0 unspecified atom stereocenters. The smallest absolute Gasteiger partial charge is 0.242 e. The third kappa shape index (κ3) is 7.80. The van der Waals surface area contributed by atoms with Crippen LogP contribution >= 0.6 is 27.7 Å². The Hall–Kier alpha value is -1.79. The predicted molar refractivity (Wildman–Crippen MR) is 129 cm³/mol. The van der Waals surface area contributed by atoms with E-state index in [0.29, 0.717) is 12.3 Å². The molecule has 2 aromatic carbocycles. The molecule has 4 nitrogen and oxygen atoms in total. The van der Waals surface area contributed by atoms with E-state index in [-0.39, 0.29) is 17.9 Å². The molecule has 0 aliphatic carbocycles. The summed E-state index contributed by atoms with van der Waals surface area (Å²) in [6.45, 7) is 8.28. The van der Waals surface area contributed by atoms with E-state index in [1.807, 2.05) is 70.2 Å². The van der Waals surface area contributed by atoms with Crippen LogP contribution in [-0.4, -0.2) is 34.6 Å². The Kier molecular flexibility index (Phi) is 9.92. The van der Waals surface area contributed by atoms with E-state index >= 15 is 0 Å². The molecule has 2 aromatic rings. The zero-order valence-corrected chi connectivity index (χ0v) is 20.6. The van der Waals surface area contributed by atoms with Gasteiger partial charge in [0.1, 0.15) is 6.04 Å².